The smallest absolute Gasteiger partial charge is 0.274 e. The first-order valence-electron chi connectivity index (χ1n) is 7.70. The summed E-state index contributed by atoms with van der Waals surface area (Å²) in [6.45, 7) is 9.18. The summed E-state index contributed by atoms with van der Waals surface area (Å²) in [4.78, 5) is 16.8. The van der Waals surface area contributed by atoms with Crippen molar-refractivity contribution < 1.29 is 4.79 Å². The van der Waals surface area contributed by atoms with E-state index in [0.717, 1.165) is 38.4 Å². The molecule has 110 valence electrons. The first-order chi connectivity index (χ1) is 9.63. The van der Waals surface area contributed by atoms with Crippen LogP contribution in [-0.2, 0) is 0 Å². The average Bonchev–Trinajstić information content (AvgIpc) is 3.16. The molecule has 0 radical (unpaired) electrons. The number of carbonyl (C=O) groups is 1. The number of aromatic nitrogens is 2. The zero-order valence-electron chi connectivity index (χ0n) is 12.4. The fourth-order valence-electron chi connectivity index (χ4n) is 2.86. The highest BCUT2D eigenvalue weighted by atomic mass is 16.2. The molecule has 5 nitrogen and oxygen atoms in total. The Hall–Kier alpha value is -1.36. The molecular formula is C15H24N4O. The van der Waals surface area contributed by atoms with E-state index in [2.05, 4.69) is 28.9 Å². The van der Waals surface area contributed by atoms with Gasteiger partial charge in [-0.1, -0.05) is 13.8 Å². The second-order valence-corrected chi connectivity index (χ2v) is 6.47. The Labute approximate surface area is 120 Å². The van der Waals surface area contributed by atoms with Gasteiger partial charge in [0.25, 0.3) is 5.91 Å². The van der Waals surface area contributed by atoms with Crippen LogP contribution in [0.2, 0.25) is 0 Å². The van der Waals surface area contributed by atoms with Crippen molar-refractivity contribution in [3.05, 3.63) is 17.5 Å². The topological polar surface area (TPSA) is 52.2 Å². The number of rotatable bonds is 4. The van der Waals surface area contributed by atoms with Crippen molar-refractivity contribution in [2.45, 2.75) is 32.6 Å². The molecule has 0 aromatic carbocycles. The third-order valence-corrected chi connectivity index (χ3v) is 4.12. The minimum Gasteiger partial charge on any atom is -0.335 e. The van der Waals surface area contributed by atoms with Crippen molar-refractivity contribution >= 4 is 5.91 Å². The number of piperazine rings is 1. The molecule has 0 unspecified atom stereocenters. The van der Waals surface area contributed by atoms with Gasteiger partial charge >= 0.3 is 0 Å². The lowest BCUT2D eigenvalue weighted by molar-refractivity contribution is 0.0618. The Morgan fingerprint density at radius 3 is 2.65 bits per heavy atom. The number of hydrogen-bond donors (Lipinski definition) is 1. The quantitative estimate of drug-likeness (QED) is 0.910. The summed E-state index contributed by atoms with van der Waals surface area (Å²) in [6, 6.07) is 1.94. The van der Waals surface area contributed by atoms with E-state index < -0.39 is 0 Å². The van der Waals surface area contributed by atoms with Gasteiger partial charge in [-0.25, -0.2) is 0 Å². The lowest BCUT2D eigenvalue weighted by atomic mass is 10.2. The monoisotopic (exact) mass is 276 g/mol. The summed E-state index contributed by atoms with van der Waals surface area (Å²) in [7, 11) is 0. The molecule has 20 heavy (non-hydrogen) atoms. The van der Waals surface area contributed by atoms with E-state index >= 15 is 0 Å². The van der Waals surface area contributed by atoms with Crippen LogP contribution < -0.4 is 0 Å². The molecule has 1 N–H and O–H groups in total. The van der Waals surface area contributed by atoms with Crippen LogP contribution in [0, 0.1) is 5.92 Å². The molecule has 3 rings (SSSR count). The molecular weight excluding hydrogens is 252 g/mol. The van der Waals surface area contributed by atoms with E-state index in [1.165, 1.54) is 12.8 Å². The fourth-order valence-corrected chi connectivity index (χ4v) is 2.86. The third kappa shape index (κ3) is 3.03. The van der Waals surface area contributed by atoms with E-state index in [1.54, 1.807) is 0 Å². The van der Waals surface area contributed by atoms with Gasteiger partial charge in [0, 0.05) is 44.3 Å². The average molecular weight is 276 g/mol. The number of carbonyl (C=O) groups excluding carboxylic acids is 1. The predicted octanol–water partition coefficient (Wildman–Crippen LogP) is 1.70. The van der Waals surface area contributed by atoms with Crippen LogP contribution in [0.25, 0.3) is 0 Å². The van der Waals surface area contributed by atoms with Gasteiger partial charge in [0.1, 0.15) is 5.69 Å². The Kier molecular flexibility index (Phi) is 3.78. The number of aromatic amines is 1. The SMILES string of the molecule is CC(C)CN1CCN(C(=O)c2cc(C3CC3)[nH]n2)CC1. The summed E-state index contributed by atoms with van der Waals surface area (Å²) < 4.78 is 0. The van der Waals surface area contributed by atoms with Gasteiger partial charge in [0.15, 0.2) is 0 Å². The summed E-state index contributed by atoms with van der Waals surface area (Å²) >= 11 is 0. The lowest BCUT2D eigenvalue weighted by Crippen LogP contribution is -2.49. The van der Waals surface area contributed by atoms with E-state index in [-0.39, 0.29) is 5.91 Å². The summed E-state index contributed by atoms with van der Waals surface area (Å²) in [5.74, 6) is 1.38. The number of nitrogens with zero attached hydrogens (tertiary/aromatic N) is 3. The molecule has 1 aromatic rings. The van der Waals surface area contributed by atoms with Gasteiger partial charge < -0.3 is 4.90 Å². The molecule has 1 amide bonds. The van der Waals surface area contributed by atoms with Crippen molar-refractivity contribution in [2.75, 3.05) is 32.7 Å². The van der Waals surface area contributed by atoms with Crippen LogP contribution in [0.5, 0.6) is 0 Å². The van der Waals surface area contributed by atoms with Crippen molar-refractivity contribution in [1.29, 1.82) is 0 Å². The second-order valence-electron chi connectivity index (χ2n) is 6.47. The number of nitrogens with one attached hydrogen (secondary N) is 1. The van der Waals surface area contributed by atoms with Crippen molar-refractivity contribution in [2.24, 2.45) is 5.92 Å². The first-order valence-corrected chi connectivity index (χ1v) is 7.70. The molecule has 2 fully saturated rings. The molecule has 1 aliphatic heterocycles. The Balaban J connectivity index is 1.55. The first kappa shape index (κ1) is 13.6. The molecule has 1 aromatic heterocycles. The summed E-state index contributed by atoms with van der Waals surface area (Å²) in [6.07, 6.45) is 2.45. The minimum atomic E-state index is 0.0809. The molecule has 1 saturated heterocycles. The van der Waals surface area contributed by atoms with Crippen molar-refractivity contribution in [1.82, 2.24) is 20.0 Å². The molecule has 0 atom stereocenters. The zero-order chi connectivity index (χ0) is 14.1. The van der Waals surface area contributed by atoms with E-state index in [1.807, 2.05) is 11.0 Å². The molecule has 2 aliphatic rings. The Bertz CT molecular complexity index is 470. The Morgan fingerprint density at radius 2 is 2.05 bits per heavy atom. The highest BCUT2D eigenvalue weighted by Gasteiger charge is 2.28. The van der Waals surface area contributed by atoms with Crippen LogP contribution in [-0.4, -0.2) is 58.6 Å². The molecule has 1 aliphatic carbocycles. The zero-order valence-corrected chi connectivity index (χ0v) is 12.4. The van der Waals surface area contributed by atoms with E-state index in [0.29, 0.717) is 17.5 Å². The van der Waals surface area contributed by atoms with Gasteiger partial charge in [-0.3, -0.25) is 14.8 Å². The molecule has 2 heterocycles. The van der Waals surface area contributed by atoms with Crippen LogP contribution in [0.3, 0.4) is 0 Å². The van der Waals surface area contributed by atoms with Crippen LogP contribution in [0.4, 0.5) is 0 Å². The van der Waals surface area contributed by atoms with Crippen LogP contribution in [0.1, 0.15) is 48.8 Å². The number of H-pyrrole nitrogens is 1. The lowest BCUT2D eigenvalue weighted by Gasteiger charge is -2.35. The Morgan fingerprint density at radius 1 is 1.35 bits per heavy atom. The highest BCUT2D eigenvalue weighted by molar-refractivity contribution is 5.92. The number of hydrogen-bond acceptors (Lipinski definition) is 3. The molecule has 1 saturated carbocycles. The van der Waals surface area contributed by atoms with Crippen LogP contribution >= 0.6 is 0 Å². The maximum Gasteiger partial charge on any atom is 0.274 e. The maximum absolute atomic E-state index is 12.4. The summed E-state index contributed by atoms with van der Waals surface area (Å²) in [5.41, 5.74) is 1.72. The molecule has 0 bridgehead atoms. The minimum absolute atomic E-state index is 0.0809. The predicted molar refractivity (Wildman–Crippen MR) is 77.7 cm³/mol. The second kappa shape index (κ2) is 5.56. The van der Waals surface area contributed by atoms with Crippen molar-refractivity contribution in [3.8, 4) is 0 Å². The molecule has 0 spiro atoms. The summed E-state index contributed by atoms with van der Waals surface area (Å²) in [5, 5.41) is 7.20. The van der Waals surface area contributed by atoms with Gasteiger partial charge in [0.05, 0.1) is 0 Å². The van der Waals surface area contributed by atoms with E-state index in [4.69, 9.17) is 0 Å². The fraction of sp³-hybridized carbons (Fsp3) is 0.733. The van der Waals surface area contributed by atoms with Gasteiger partial charge in [-0.05, 0) is 24.8 Å². The highest BCUT2D eigenvalue weighted by Crippen LogP contribution is 2.39. The maximum atomic E-state index is 12.4. The van der Waals surface area contributed by atoms with Gasteiger partial charge in [-0.2, -0.15) is 5.10 Å². The third-order valence-electron chi connectivity index (χ3n) is 4.12. The largest absolute Gasteiger partial charge is 0.335 e. The van der Waals surface area contributed by atoms with Crippen LogP contribution in [0.15, 0.2) is 6.07 Å². The standard InChI is InChI=1S/C15H24N4O/c1-11(2)10-18-5-7-19(8-6-18)15(20)14-9-13(16-17-14)12-3-4-12/h9,11-12H,3-8,10H2,1-2H3,(H,16,17). The van der Waals surface area contributed by atoms with Crippen molar-refractivity contribution in [3.63, 3.8) is 0 Å². The number of amides is 1. The van der Waals surface area contributed by atoms with Gasteiger partial charge in [-0.15, -0.1) is 0 Å². The van der Waals surface area contributed by atoms with Gasteiger partial charge in [0.2, 0.25) is 0 Å². The normalized spacial score (nSPS) is 20.6. The van der Waals surface area contributed by atoms with E-state index in [9.17, 15) is 4.79 Å². The molecule has 5 heteroatoms.